The predicted molar refractivity (Wildman–Crippen MR) is 150 cm³/mol. The van der Waals surface area contributed by atoms with Crippen LogP contribution in [-0.4, -0.2) is 24.0 Å². The molecule has 0 bridgehead atoms. The van der Waals surface area contributed by atoms with E-state index in [2.05, 4.69) is 34.6 Å². The molecule has 1 saturated heterocycles. The summed E-state index contributed by atoms with van der Waals surface area (Å²) in [5, 5.41) is 0. The SMILES string of the molecule is CC(C)CCCC(C)[C@H]1CCC2C3C[C@@H]4O[C@@]45C[C@@H](OC(=O)Oc4ccccc4)CC[C@]5(C)C3CC[C@@]21C. The fourth-order valence-corrected chi connectivity index (χ4v) is 10.5. The molecule has 210 valence electrons. The van der Waals surface area contributed by atoms with E-state index in [9.17, 15) is 4.79 Å². The highest BCUT2D eigenvalue weighted by molar-refractivity contribution is 5.64. The Labute approximate surface area is 230 Å². The zero-order chi connectivity index (χ0) is 26.7. The Balaban J connectivity index is 1.11. The molecule has 0 amide bonds. The van der Waals surface area contributed by atoms with E-state index >= 15 is 0 Å². The van der Waals surface area contributed by atoms with Crippen LogP contribution in [0.3, 0.4) is 0 Å². The van der Waals surface area contributed by atoms with Gasteiger partial charge in [0.05, 0.1) is 6.10 Å². The molecular weight excluding hydrogens is 472 g/mol. The maximum absolute atomic E-state index is 12.5. The first-order valence-corrected chi connectivity index (χ1v) is 15.8. The first-order chi connectivity index (χ1) is 18.2. The number of epoxide rings is 1. The van der Waals surface area contributed by atoms with E-state index in [4.69, 9.17) is 14.2 Å². The van der Waals surface area contributed by atoms with Crippen molar-refractivity contribution in [1.82, 2.24) is 0 Å². The van der Waals surface area contributed by atoms with E-state index in [1.54, 1.807) is 12.1 Å². The second kappa shape index (κ2) is 9.82. The molecule has 1 aromatic carbocycles. The molecule has 4 aliphatic carbocycles. The summed E-state index contributed by atoms with van der Waals surface area (Å²) in [5.41, 5.74) is 0.608. The average molecular weight is 523 g/mol. The standard InChI is InChI=1S/C34H50O4/c1-22(2)10-9-11-23(3)27-14-15-28-26-20-30-34(38-30)21-25(37-31(35)36-24-12-7-6-8-13-24)16-19-33(34,5)29(26)17-18-32(27,28)4/h6-8,12-13,22-23,25-30H,9-11,14-21H2,1-5H3/t23?,25-,26?,27+,28?,29?,30-,32+,33+,34-/m0/s1. The maximum atomic E-state index is 12.5. The molecule has 4 heteroatoms. The normalized spacial score (nSPS) is 43.8. The Bertz CT molecular complexity index is 1010. The summed E-state index contributed by atoms with van der Waals surface area (Å²) < 4.78 is 18.0. The van der Waals surface area contributed by atoms with Crippen LogP contribution >= 0.6 is 0 Å². The molecule has 4 saturated carbocycles. The summed E-state index contributed by atoms with van der Waals surface area (Å²) in [6.07, 6.45) is 13.5. The third-order valence-electron chi connectivity index (χ3n) is 12.4. The van der Waals surface area contributed by atoms with Gasteiger partial charge in [-0.15, -0.1) is 0 Å². The smallest absolute Gasteiger partial charge is 0.431 e. The molecular formula is C34H50O4. The minimum absolute atomic E-state index is 0.0972. The Kier molecular flexibility index (Phi) is 6.89. The van der Waals surface area contributed by atoms with Crippen molar-refractivity contribution in [2.24, 2.45) is 46.3 Å². The van der Waals surface area contributed by atoms with Gasteiger partial charge in [0, 0.05) is 11.8 Å². The maximum Gasteiger partial charge on any atom is 0.514 e. The van der Waals surface area contributed by atoms with Gasteiger partial charge in [-0.05, 0) is 98.0 Å². The fraction of sp³-hybridized carbons (Fsp3) is 0.794. The monoisotopic (exact) mass is 522 g/mol. The number of benzene rings is 1. The summed E-state index contributed by atoms with van der Waals surface area (Å²) in [7, 11) is 0. The highest BCUT2D eigenvalue weighted by atomic mass is 16.7. The van der Waals surface area contributed by atoms with Crippen molar-refractivity contribution in [2.45, 2.75) is 123 Å². The number of rotatable bonds is 7. The lowest BCUT2D eigenvalue weighted by molar-refractivity contribution is -0.119. The number of hydrogen-bond acceptors (Lipinski definition) is 4. The quantitative estimate of drug-likeness (QED) is 0.204. The zero-order valence-electron chi connectivity index (χ0n) is 24.4. The molecule has 10 atom stereocenters. The number of fused-ring (bicyclic) bond motifs is 4. The molecule has 1 aromatic rings. The van der Waals surface area contributed by atoms with Crippen LogP contribution in [0.1, 0.15) is 105 Å². The van der Waals surface area contributed by atoms with Gasteiger partial charge in [0.15, 0.2) is 0 Å². The van der Waals surface area contributed by atoms with E-state index < -0.39 is 6.16 Å². The Morgan fingerprint density at radius 1 is 1.00 bits per heavy atom. The van der Waals surface area contributed by atoms with Crippen LogP contribution in [0.15, 0.2) is 30.3 Å². The van der Waals surface area contributed by atoms with Gasteiger partial charge in [-0.25, -0.2) is 4.79 Å². The molecule has 5 aliphatic rings. The number of ether oxygens (including phenoxy) is 3. The molecule has 0 aromatic heterocycles. The fourth-order valence-electron chi connectivity index (χ4n) is 10.5. The van der Waals surface area contributed by atoms with Crippen LogP contribution in [-0.2, 0) is 9.47 Å². The van der Waals surface area contributed by atoms with Gasteiger partial charge in [0.25, 0.3) is 0 Å². The van der Waals surface area contributed by atoms with Gasteiger partial charge in [-0.1, -0.05) is 72.1 Å². The molecule has 1 spiro atoms. The minimum Gasteiger partial charge on any atom is -0.431 e. The van der Waals surface area contributed by atoms with E-state index in [1.165, 1.54) is 51.4 Å². The third kappa shape index (κ3) is 4.32. The largest absolute Gasteiger partial charge is 0.514 e. The van der Waals surface area contributed by atoms with Crippen molar-refractivity contribution in [1.29, 1.82) is 0 Å². The third-order valence-corrected chi connectivity index (χ3v) is 12.4. The highest BCUT2D eigenvalue weighted by Crippen LogP contribution is 2.74. The molecule has 5 fully saturated rings. The molecule has 4 unspecified atom stereocenters. The van der Waals surface area contributed by atoms with Gasteiger partial charge < -0.3 is 14.2 Å². The summed E-state index contributed by atoms with van der Waals surface area (Å²) >= 11 is 0. The Hall–Kier alpha value is -1.55. The molecule has 38 heavy (non-hydrogen) atoms. The second-order valence-electron chi connectivity index (χ2n) is 14.7. The van der Waals surface area contributed by atoms with Crippen molar-refractivity contribution >= 4 is 6.16 Å². The van der Waals surface area contributed by atoms with Crippen molar-refractivity contribution in [3.05, 3.63) is 30.3 Å². The molecule has 0 N–H and O–H groups in total. The summed E-state index contributed by atoms with van der Waals surface area (Å²) in [4.78, 5) is 12.5. The van der Waals surface area contributed by atoms with Gasteiger partial charge >= 0.3 is 6.16 Å². The van der Waals surface area contributed by atoms with Crippen LogP contribution in [0.25, 0.3) is 0 Å². The van der Waals surface area contributed by atoms with E-state index in [0.29, 0.717) is 17.3 Å². The van der Waals surface area contributed by atoms with Crippen LogP contribution in [0.5, 0.6) is 5.75 Å². The zero-order valence-corrected chi connectivity index (χ0v) is 24.4. The molecule has 6 rings (SSSR count). The lowest BCUT2D eigenvalue weighted by Crippen LogP contribution is -2.59. The van der Waals surface area contributed by atoms with Crippen LogP contribution in [0, 0.1) is 46.3 Å². The van der Waals surface area contributed by atoms with Crippen molar-refractivity contribution in [3.8, 4) is 5.75 Å². The summed E-state index contributed by atoms with van der Waals surface area (Å²) in [5.74, 6) is 5.49. The van der Waals surface area contributed by atoms with Gasteiger partial charge in [-0.2, -0.15) is 0 Å². The number of hydrogen-bond donors (Lipinski definition) is 0. The lowest BCUT2D eigenvalue weighted by Gasteiger charge is -2.59. The average Bonchev–Trinajstić information content (AvgIpc) is 3.45. The Morgan fingerprint density at radius 2 is 1.79 bits per heavy atom. The molecule has 4 nitrogen and oxygen atoms in total. The number of carbonyl (C=O) groups excluding carboxylic acids is 1. The van der Waals surface area contributed by atoms with Gasteiger partial charge in [0.2, 0.25) is 0 Å². The molecule has 1 heterocycles. The van der Waals surface area contributed by atoms with E-state index in [-0.39, 0.29) is 17.1 Å². The predicted octanol–water partition coefficient (Wildman–Crippen LogP) is 8.82. The minimum atomic E-state index is -0.583. The van der Waals surface area contributed by atoms with Crippen LogP contribution in [0.2, 0.25) is 0 Å². The molecule has 1 aliphatic heterocycles. The van der Waals surface area contributed by atoms with Gasteiger partial charge in [0.1, 0.15) is 17.5 Å². The second-order valence-corrected chi connectivity index (χ2v) is 14.7. The number of carbonyl (C=O) groups is 1. The Morgan fingerprint density at radius 3 is 2.55 bits per heavy atom. The lowest BCUT2D eigenvalue weighted by atomic mass is 9.44. The topological polar surface area (TPSA) is 48.1 Å². The van der Waals surface area contributed by atoms with Gasteiger partial charge in [-0.3, -0.25) is 0 Å². The summed E-state index contributed by atoms with van der Waals surface area (Å²) in [6.45, 7) is 12.5. The number of para-hydroxylation sites is 1. The van der Waals surface area contributed by atoms with E-state index in [1.807, 2.05) is 18.2 Å². The van der Waals surface area contributed by atoms with Crippen molar-refractivity contribution < 1.29 is 19.0 Å². The highest BCUT2D eigenvalue weighted by Gasteiger charge is 2.76. The first-order valence-electron chi connectivity index (χ1n) is 15.8. The van der Waals surface area contributed by atoms with Crippen LogP contribution in [0.4, 0.5) is 4.79 Å². The summed E-state index contributed by atoms with van der Waals surface area (Å²) in [6, 6.07) is 9.22. The molecule has 0 radical (unpaired) electrons. The van der Waals surface area contributed by atoms with Crippen molar-refractivity contribution in [2.75, 3.05) is 0 Å². The first kappa shape index (κ1) is 26.7. The van der Waals surface area contributed by atoms with E-state index in [0.717, 1.165) is 54.8 Å². The van der Waals surface area contributed by atoms with Crippen LogP contribution < -0.4 is 4.74 Å². The van der Waals surface area contributed by atoms with Crippen molar-refractivity contribution in [3.63, 3.8) is 0 Å².